The van der Waals surface area contributed by atoms with Crippen molar-refractivity contribution in [3.63, 3.8) is 0 Å². The van der Waals surface area contributed by atoms with E-state index in [1.165, 1.54) is 0 Å². The van der Waals surface area contributed by atoms with Crippen molar-refractivity contribution in [3.05, 3.63) is 23.2 Å². The van der Waals surface area contributed by atoms with Crippen LogP contribution in [0.2, 0.25) is 5.02 Å². The van der Waals surface area contributed by atoms with Crippen LogP contribution < -0.4 is 9.64 Å². The Morgan fingerprint density at radius 2 is 2.28 bits per heavy atom. The molecule has 1 amide bonds. The van der Waals surface area contributed by atoms with Gasteiger partial charge in [-0.05, 0) is 18.6 Å². The van der Waals surface area contributed by atoms with E-state index < -0.39 is 0 Å². The molecular weight excluding hydrogens is 254 g/mol. The monoisotopic (exact) mass is 267 g/mol. The number of benzene rings is 1. The lowest BCUT2D eigenvalue weighted by Gasteiger charge is -2.31. The minimum Gasteiger partial charge on any atom is -0.488 e. The maximum absolute atomic E-state index is 12.4. The van der Waals surface area contributed by atoms with Crippen LogP contribution in [0.4, 0.5) is 5.69 Å². The summed E-state index contributed by atoms with van der Waals surface area (Å²) in [6.07, 6.45) is 0.798. The van der Waals surface area contributed by atoms with E-state index in [0.29, 0.717) is 37.1 Å². The molecule has 2 aliphatic rings. The van der Waals surface area contributed by atoms with Gasteiger partial charge in [0.15, 0.2) is 5.75 Å². The molecule has 96 valence electrons. The highest BCUT2D eigenvalue weighted by atomic mass is 35.5. The summed E-state index contributed by atoms with van der Waals surface area (Å²) in [6.45, 7) is 2.24. The Balaban J connectivity index is 1.91. The van der Waals surface area contributed by atoms with E-state index in [1.807, 2.05) is 12.1 Å². The molecule has 1 atom stereocenters. The van der Waals surface area contributed by atoms with E-state index in [0.717, 1.165) is 12.1 Å². The molecule has 1 unspecified atom stereocenters. The van der Waals surface area contributed by atoms with Gasteiger partial charge >= 0.3 is 0 Å². The molecule has 2 heterocycles. The maximum atomic E-state index is 12.4. The van der Waals surface area contributed by atoms with E-state index in [9.17, 15) is 4.79 Å². The van der Waals surface area contributed by atoms with E-state index in [1.54, 1.807) is 11.0 Å². The molecular formula is C13H14ClNO3. The molecule has 2 aliphatic heterocycles. The Morgan fingerprint density at radius 1 is 1.39 bits per heavy atom. The van der Waals surface area contributed by atoms with Crippen molar-refractivity contribution in [1.82, 2.24) is 0 Å². The number of fused-ring (bicyclic) bond motifs is 1. The van der Waals surface area contributed by atoms with Crippen LogP contribution in [0.5, 0.6) is 5.75 Å². The Kier molecular flexibility index (Phi) is 3.14. The maximum Gasteiger partial charge on any atom is 0.232 e. The zero-order valence-corrected chi connectivity index (χ0v) is 10.7. The van der Waals surface area contributed by atoms with Gasteiger partial charge in [-0.1, -0.05) is 17.7 Å². The first-order chi connectivity index (χ1) is 8.77. The normalized spacial score (nSPS) is 22.5. The number of hydrogen-bond acceptors (Lipinski definition) is 3. The van der Waals surface area contributed by atoms with Crippen LogP contribution >= 0.6 is 11.6 Å². The Bertz CT molecular complexity index is 471. The molecule has 0 aromatic heterocycles. The van der Waals surface area contributed by atoms with E-state index in [-0.39, 0.29) is 11.8 Å². The first-order valence-electron chi connectivity index (χ1n) is 6.08. The molecule has 0 aliphatic carbocycles. The van der Waals surface area contributed by atoms with Crippen LogP contribution in [0.1, 0.15) is 6.42 Å². The van der Waals surface area contributed by atoms with Crippen molar-refractivity contribution in [1.29, 1.82) is 0 Å². The van der Waals surface area contributed by atoms with Crippen molar-refractivity contribution in [2.24, 2.45) is 5.92 Å². The van der Waals surface area contributed by atoms with Gasteiger partial charge < -0.3 is 14.4 Å². The highest BCUT2D eigenvalue weighted by Crippen LogP contribution is 2.38. The standard InChI is InChI=1S/C13H14ClNO3/c14-10-2-1-3-11-12(10)18-7-5-15(11)13(16)9-4-6-17-8-9/h1-3,9H,4-8H2. The molecule has 0 radical (unpaired) electrons. The topological polar surface area (TPSA) is 38.8 Å². The van der Waals surface area contributed by atoms with E-state index >= 15 is 0 Å². The summed E-state index contributed by atoms with van der Waals surface area (Å²) in [4.78, 5) is 14.2. The van der Waals surface area contributed by atoms with Crippen molar-refractivity contribution in [2.75, 3.05) is 31.3 Å². The first kappa shape index (κ1) is 11.8. The fourth-order valence-electron chi connectivity index (χ4n) is 2.39. The quantitative estimate of drug-likeness (QED) is 0.782. The predicted octanol–water partition coefficient (Wildman–Crippen LogP) is 2.10. The lowest BCUT2D eigenvalue weighted by molar-refractivity contribution is -0.122. The molecule has 0 bridgehead atoms. The minimum absolute atomic E-state index is 0.0325. The van der Waals surface area contributed by atoms with Gasteiger partial charge in [-0.3, -0.25) is 4.79 Å². The SMILES string of the molecule is O=C(C1CCOC1)N1CCOc2c(Cl)cccc21. The molecule has 1 fully saturated rings. The number of ether oxygens (including phenoxy) is 2. The summed E-state index contributed by atoms with van der Waals surface area (Å²) in [7, 11) is 0. The molecule has 18 heavy (non-hydrogen) atoms. The number of para-hydroxylation sites is 1. The van der Waals surface area contributed by atoms with E-state index in [4.69, 9.17) is 21.1 Å². The summed E-state index contributed by atoms with van der Waals surface area (Å²) < 4.78 is 10.8. The molecule has 0 spiro atoms. The highest BCUT2D eigenvalue weighted by molar-refractivity contribution is 6.32. The van der Waals surface area contributed by atoms with Crippen LogP contribution in [0.3, 0.4) is 0 Å². The minimum atomic E-state index is -0.0325. The number of nitrogens with zero attached hydrogens (tertiary/aromatic N) is 1. The summed E-state index contributed by atoms with van der Waals surface area (Å²) in [5.41, 5.74) is 0.769. The Morgan fingerprint density at radius 3 is 3.06 bits per heavy atom. The second kappa shape index (κ2) is 4.78. The molecule has 1 aromatic carbocycles. The highest BCUT2D eigenvalue weighted by Gasteiger charge is 2.32. The van der Waals surface area contributed by atoms with Gasteiger partial charge in [-0.25, -0.2) is 0 Å². The zero-order chi connectivity index (χ0) is 12.5. The number of halogens is 1. The Hall–Kier alpha value is -1.26. The average molecular weight is 268 g/mol. The van der Waals surface area contributed by atoms with Gasteiger partial charge in [-0.2, -0.15) is 0 Å². The molecule has 4 nitrogen and oxygen atoms in total. The molecule has 1 aromatic rings. The van der Waals surface area contributed by atoms with Gasteiger partial charge in [0.2, 0.25) is 5.91 Å². The lowest BCUT2D eigenvalue weighted by Crippen LogP contribution is -2.41. The fraction of sp³-hybridized carbons (Fsp3) is 0.462. The smallest absolute Gasteiger partial charge is 0.232 e. The molecule has 0 N–H and O–H groups in total. The molecule has 1 saturated heterocycles. The zero-order valence-electron chi connectivity index (χ0n) is 9.89. The number of carbonyl (C=O) groups excluding carboxylic acids is 1. The summed E-state index contributed by atoms with van der Waals surface area (Å²) >= 11 is 6.08. The van der Waals surface area contributed by atoms with Crippen molar-refractivity contribution in [3.8, 4) is 5.75 Å². The predicted molar refractivity (Wildman–Crippen MR) is 68.2 cm³/mol. The third-order valence-electron chi connectivity index (χ3n) is 3.34. The van der Waals surface area contributed by atoms with Crippen LogP contribution in [0.25, 0.3) is 0 Å². The number of hydrogen-bond donors (Lipinski definition) is 0. The number of carbonyl (C=O) groups is 1. The van der Waals surface area contributed by atoms with Gasteiger partial charge in [0.25, 0.3) is 0 Å². The summed E-state index contributed by atoms with van der Waals surface area (Å²) in [5.74, 6) is 0.687. The largest absolute Gasteiger partial charge is 0.488 e. The lowest BCUT2D eigenvalue weighted by atomic mass is 10.1. The van der Waals surface area contributed by atoms with E-state index in [2.05, 4.69) is 0 Å². The van der Waals surface area contributed by atoms with Gasteiger partial charge in [0.1, 0.15) is 6.61 Å². The van der Waals surface area contributed by atoms with Gasteiger partial charge in [-0.15, -0.1) is 0 Å². The molecule has 5 heteroatoms. The average Bonchev–Trinajstić information content (AvgIpc) is 2.92. The number of rotatable bonds is 1. The van der Waals surface area contributed by atoms with Crippen LogP contribution in [-0.4, -0.2) is 32.3 Å². The third-order valence-corrected chi connectivity index (χ3v) is 3.64. The van der Waals surface area contributed by atoms with Crippen LogP contribution in [0, 0.1) is 5.92 Å². The van der Waals surface area contributed by atoms with Crippen LogP contribution in [0.15, 0.2) is 18.2 Å². The summed E-state index contributed by atoms with van der Waals surface area (Å²) in [6, 6.07) is 5.47. The third kappa shape index (κ3) is 1.95. The Labute approximate surface area is 110 Å². The van der Waals surface area contributed by atoms with Crippen LogP contribution in [-0.2, 0) is 9.53 Å². The fourth-order valence-corrected chi connectivity index (χ4v) is 2.62. The van der Waals surface area contributed by atoms with Crippen molar-refractivity contribution in [2.45, 2.75) is 6.42 Å². The molecule has 3 rings (SSSR count). The van der Waals surface area contributed by atoms with Crippen molar-refractivity contribution >= 4 is 23.2 Å². The second-order valence-electron chi connectivity index (χ2n) is 4.49. The second-order valence-corrected chi connectivity index (χ2v) is 4.89. The van der Waals surface area contributed by atoms with Crippen molar-refractivity contribution < 1.29 is 14.3 Å². The number of anilines is 1. The number of amides is 1. The molecule has 0 saturated carbocycles. The first-order valence-corrected chi connectivity index (χ1v) is 6.45. The van der Waals surface area contributed by atoms with Gasteiger partial charge in [0.05, 0.1) is 29.8 Å². The van der Waals surface area contributed by atoms with Gasteiger partial charge in [0, 0.05) is 6.61 Å². The summed E-state index contributed by atoms with van der Waals surface area (Å²) in [5, 5.41) is 0.549.